The van der Waals surface area contributed by atoms with Gasteiger partial charge in [0, 0.05) is 18.2 Å². The van der Waals surface area contributed by atoms with Crippen LogP contribution in [-0.4, -0.2) is 68.0 Å². The van der Waals surface area contributed by atoms with Crippen molar-refractivity contribution in [2.75, 3.05) is 26.2 Å². The Labute approximate surface area is 173 Å². The van der Waals surface area contributed by atoms with Gasteiger partial charge in [0.15, 0.2) is 0 Å². The van der Waals surface area contributed by atoms with Crippen molar-refractivity contribution < 1.29 is 35.9 Å². The third-order valence-corrected chi connectivity index (χ3v) is 6.76. The van der Waals surface area contributed by atoms with Crippen molar-refractivity contribution >= 4 is 21.9 Å². The zero-order chi connectivity index (χ0) is 22.5. The fraction of sp³-hybridized carbons (Fsp3) is 0.579. The van der Waals surface area contributed by atoms with Gasteiger partial charge < -0.3 is 9.64 Å². The highest BCUT2D eigenvalue weighted by molar-refractivity contribution is 7.89. The minimum Gasteiger partial charge on any atom is -0.465 e. The maximum atomic E-state index is 12.9. The zero-order valence-corrected chi connectivity index (χ0v) is 17.6. The van der Waals surface area contributed by atoms with Crippen molar-refractivity contribution in [1.82, 2.24) is 9.21 Å². The maximum Gasteiger partial charge on any atom is 0.406 e. The molecule has 1 heterocycles. The predicted molar refractivity (Wildman–Crippen MR) is 102 cm³/mol. The first-order valence-corrected chi connectivity index (χ1v) is 11.0. The SMILES string of the molecule is CCOC(=O)CN(CC(F)(F)F)C(=O)c1ccc(S(=O)(=O)N2CCCCC2C)cc1. The number of benzene rings is 1. The van der Waals surface area contributed by atoms with E-state index in [9.17, 15) is 31.2 Å². The molecule has 1 amide bonds. The molecule has 1 aromatic carbocycles. The Hall–Kier alpha value is -2.14. The second-order valence-corrected chi connectivity index (χ2v) is 8.96. The lowest BCUT2D eigenvalue weighted by Crippen LogP contribution is -2.42. The summed E-state index contributed by atoms with van der Waals surface area (Å²) in [6.07, 6.45) is -2.28. The molecule has 0 saturated carbocycles. The van der Waals surface area contributed by atoms with Crippen LogP contribution in [0.15, 0.2) is 29.2 Å². The van der Waals surface area contributed by atoms with Crippen molar-refractivity contribution in [3.8, 4) is 0 Å². The highest BCUT2D eigenvalue weighted by atomic mass is 32.2. The van der Waals surface area contributed by atoms with Crippen LogP contribution in [0.3, 0.4) is 0 Å². The molecule has 1 aliphatic heterocycles. The molecule has 0 aliphatic carbocycles. The molecule has 1 atom stereocenters. The topological polar surface area (TPSA) is 84.0 Å². The number of rotatable bonds is 7. The van der Waals surface area contributed by atoms with Gasteiger partial charge in [-0.25, -0.2) is 8.42 Å². The number of piperidine rings is 1. The summed E-state index contributed by atoms with van der Waals surface area (Å²) < 4.78 is 70.2. The molecule has 0 bridgehead atoms. The first-order chi connectivity index (χ1) is 14.0. The minimum atomic E-state index is -4.71. The Morgan fingerprint density at radius 2 is 1.83 bits per heavy atom. The molecule has 0 spiro atoms. The van der Waals surface area contributed by atoms with Crippen LogP contribution < -0.4 is 0 Å². The predicted octanol–water partition coefficient (Wildman–Crippen LogP) is 2.82. The van der Waals surface area contributed by atoms with Gasteiger partial charge in [0.25, 0.3) is 5.91 Å². The van der Waals surface area contributed by atoms with E-state index in [2.05, 4.69) is 4.74 Å². The molecule has 1 fully saturated rings. The third-order valence-electron chi connectivity index (χ3n) is 4.73. The molecule has 168 valence electrons. The number of hydrogen-bond donors (Lipinski definition) is 0. The summed E-state index contributed by atoms with van der Waals surface area (Å²) in [7, 11) is -3.77. The van der Waals surface area contributed by atoms with Gasteiger partial charge in [-0.15, -0.1) is 0 Å². The lowest BCUT2D eigenvalue weighted by atomic mass is 10.1. The molecule has 0 radical (unpaired) electrons. The van der Waals surface area contributed by atoms with Crippen LogP contribution in [0.4, 0.5) is 13.2 Å². The van der Waals surface area contributed by atoms with Gasteiger partial charge in [-0.05, 0) is 51.0 Å². The number of esters is 1. The minimum absolute atomic E-state index is 0.0334. The third kappa shape index (κ3) is 6.18. The fourth-order valence-corrected chi connectivity index (χ4v) is 4.99. The molecule has 2 rings (SSSR count). The Kier molecular flexibility index (Phi) is 7.87. The molecule has 1 unspecified atom stereocenters. The Morgan fingerprint density at radius 1 is 1.20 bits per heavy atom. The number of sulfonamides is 1. The highest BCUT2D eigenvalue weighted by Crippen LogP contribution is 2.26. The summed E-state index contributed by atoms with van der Waals surface area (Å²) in [4.78, 5) is 24.4. The lowest BCUT2D eigenvalue weighted by Gasteiger charge is -2.32. The van der Waals surface area contributed by atoms with Gasteiger partial charge in [0.1, 0.15) is 13.1 Å². The van der Waals surface area contributed by atoms with E-state index in [-0.39, 0.29) is 23.1 Å². The number of halogens is 3. The summed E-state index contributed by atoms with van der Waals surface area (Å²) >= 11 is 0. The standard InChI is InChI=1S/C19H25F3N2O5S/c1-3-29-17(25)12-23(13-19(20,21)22)18(26)15-7-9-16(10-8-15)30(27,28)24-11-5-4-6-14(24)2/h7-10,14H,3-6,11-13H2,1-2H3. The van der Waals surface area contributed by atoms with E-state index in [1.807, 2.05) is 6.92 Å². The van der Waals surface area contributed by atoms with Crippen LogP contribution in [-0.2, 0) is 19.6 Å². The quantitative estimate of drug-likeness (QED) is 0.597. The van der Waals surface area contributed by atoms with Gasteiger partial charge in [-0.2, -0.15) is 17.5 Å². The first kappa shape index (κ1) is 24.1. The van der Waals surface area contributed by atoms with Gasteiger partial charge in [-0.1, -0.05) is 6.42 Å². The molecule has 7 nitrogen and oxygen atoms in total. The summed E-state index contributed by atoms with van der Waals surface area (Å²) in [6, 6.07) is 4.54. The average Bonchev–Trinajstić information content (AvgIpc) is 2.66. The van der Waals surface area contributed by atoms with Crippen molar-refractivity contribution in [3.05, 3.63) is 29.8 Å². The number of alkyl halides is 3. The normalized spacial score (nSPS) is 18.1. The molecule has 0 N–H and O–H groups in total. The van der Waals surface area contributed by atoms with E-state index in [0.717, 1.165) is 31.4 Å². The number of ether oxygens (including phenoxy) is 1. The molecular formula is C19H25F3N2O5S. The number of amides is 1. The Morgan fingerprint density at radius 3 is 2.37 bits per heavy atom. The fourth-order valence-electron chi connectivity index (χ4n) is 3.29. The molecule has 1 aliphatic rings. The second kappa shape index (κ2) is 9.78. The van der Waals surface area contributed by atoms with Crippen LogP contribution in [0.25, 0.3) is 0 Å². The molecule has 30 heavy (non-hydrogen) atoms. The summed E-state index contributed by atoms with van der Waals surface area (Å²) in [5.41, 5.74) is -0.158. The summed E-state index contributed by atoms with van der Waals surface area (Å²) in [5, 5.41) is 0. The Bertz CT molecular complexity index is 856. The van der Waals surface area contributed by atoms with Gasteiger partial charge in [-0.3, -0.25) is 9.59 Å². The molecule has 1 saturated heterocycles. The average molecular weight is 450 g/mol. The Balaban J connectivity index is 2.23. The van der Waals surface area contributed by atoms with Crippen LogP contribution in [0.1, 0.15) is 43.5 Å². The molecule has 1 aromatic rings. The van der Waals surface area contributed by atoms with E-state index in [4.69, 9.17) is 0 Å². The highest BCUT2D eigenvalue weighted by Gasteiger charge is 2.35. The van der Waals surface area contributed by atoms with E-state index in [0.29, 0.717) is 11.4 Å². The van der Waals surface area contributed by atoms with E-state index >= 15 is 0 Å². The maximum absolute atomic E-state index is 12.9. The lowest BCUT2D eigenvalue weighted by molar-refractivity contribution is -0.153. The number of carbonyl (C=O) groups is 2. The molecule has 11 heteroatoms. The van der Waals surface area contributed by atoms with Crippen molar-refractivity contribution in [2.24, 2.45) is 0 Å². The van der Waals surface area contributed by atoms with E-state index in [1.54, 1.807) is 0 Å². The monoisotopic (exact) mass is 450 g/mol. The van der Waals surface area contributed by atoms with Crippen LogP contribution in [0.2, 0.25) is 0 Å². The van der Waals surface area contributed by atoms with Gasteiger partial charge in [0.05, 0.1) is 11.5 Å². The second-order valence-electron chi connectivity index (χ2n) is 7.07. The zero-order valence-electron chi connectivity index (χ0n) is 16.8. The van der Waals surface area contributed by atoms with Crippen LogP contribution >= 0.6 is 0 Å². The summed E-state index contributed by atoms with van der Waals surface area (Å²) in [6.45, 7) is 1.18. The number of hydrogen-bond acceptors (Lipinski definition) is 5. The van der Waals surface area contributed by atoms with Gasteiger partial charge in [0.2, 0.25) is 10.0 Å². The molecular weight excluding hydrogens is 425 g/mol. The van der Waals surface area contributed by atoms with Crippen LogP contribution in [0, 0.1) is 0 Å². The van der Waals surface area contributed by atoms with Crippen molar-refractivity contribution in [3.63, 3.8) is 0 Å². The van der Waals surface area contributed by atoms with E-state index < -0.39 is 41.2 Å². The van der Waals surface area contributed by atoms with Crippen molar-refractivity contribution in [2.45, 2.75) is 50.2 Å². The van der Waals surface area contributed by atoms with Gasteiger partial charge >= 0.3 is 12.1 Å². The largest absolute Gasteiger partial charge is 0.465 e. The number of carbonyl (C=O) groups excluding carboxylic acids is 2. The first-order valence-electron chi connectivity index (χ1n) is 9.59. The number of nitrogens with zero attached hydrogens (tertiary/aromatic N) is 2. The van der Waals surface area contributed by atoms with Crippen LogP contribution in [0.5, 0.6) is 0 Å². The smallest absolute Gasteiger partial charge is 0.406 e. The van der Waals surface area contributed by atoms with Crippen molar-refractivity contribution in [1.29, 1.82) is 0 Å². The summed E-state index contributed by atoms with van der Waals surface area (Å²) in [5.74, 6) is -2.01. The van der Waals surface area contributed by atoms with E-state index in [1.165, 1.54) is 23.4 Å². The molecule has 0 aromatic heterocycles.